The molecule has 4 rings (SSSR count). The predicted octanol–water partition coefficient (Wildman–Crippen LogP) is 5.43. The van der Waals surface area contributed by atoms with Crippen molar-refractivity contribution < 1.29 is 4.79 Å². The molecule has 4 aromatic rings. The van der Waals surface area contributed by atoms with Gasteiger partial charge in [-0.1, -0.05) is 29.3 Å². The predicted molar refractivity (Wildman–Crippen MR) is 125 cm³/mol. The number of benzene rings is 1. The molecular weight excluding hydrogens is 433 g/mol. The van der Waals surface area contributed by atoms with E-state index in [4.69, 9.17) is 23.2 Å². The maximum absolute atomic E-state index is 12.8. The van der Waals surface area contributed by atoms with Crippen LogP contribution in [0.25, 0.3) is 11.3 Å². The minimum atomic E-state index is -0.318. The van der Waals surface area contributed by atoms with Crippen LogP contribution in [0.4, 0.5) is 0 Å². The molecule has 8 heteroatoms. The number of hydrazone groups is 1. The molecule has 158 valence electrons. The fourth-order valence-electron chi connectivity index (χ4n) is 3.71. The van der Waals surface area contributed by atoms with E-state index >= 15 is 0 Å². The summed E-state index contributed by atoms with van der Waals surface area (Å²) >= 11 is 12.4. The summed E-state index contributed by atoms with van der Waals surface area (Å²) in [6, 6.07) is 11.2. The molecule has 0 spiro atoms. The number of carbonyl (C=O) groups is 1. The number of hydrogen-bond acceptors (Lipinski definition) is 3. The first-order valence-corrected chi connectivity index (χ1v) is 10.4. The van der Waals surface area contributed by atoms with Crippen LogP contribution < -0.4 is 5.43 Å². The third-order valence-electron chi connectivity index (χ3n) is 5.15. The van der Waals surface area contributed by atoms with Crippen molar-refractivity contribution in [1.29, 1.82) is 0 Å². The number of halogens is 2. The fraction of sp³-hybridized carbons (Fsp3) is 0.174. The van der Waals surface area contributed by atoms with Gasteiger partial charge in [0.05, 0.1) is 22.6 Å². The minimum Gasteiger partial charge on any atom is -0.316 e. The largest absolute Gasteiger partial charge is 0.316 e. The molecule has 0 fully saturated rings. The number of imidazole rings is 1. The lowest BCUT2D eigenvalue weighted by Gasteiger charge is -2.11. The van der Waals surface area contributed by atoms with Crippen LogP contribution in [0.3, 0.4) is 0 Å². The number of hydrogen-bond donors (Lipinski definition) is 1. The Labute approximate surface area is 190 Å². The van der Waals surface area contributed by atoms with Gasteiger partial charge in [0.2, 0.25) is 0 Å². The zero-order chi connectivity index (χ0) is 22.3. The molecule has 31 heavy (non-hydrogen) atoms. The molecule has 3 heterocycles. The maximum atomic E-state index is 12.8. The molecule has 1 N–H and O–H groups in total. The number of aryl methyl sites for hydroxylation is 3. The van der Waals surface area contributed by atoms with E-state index in [2.05, 4.69) is 15.5 Å². The van der Waals surface area contributed by atoms with Gasteiger partial charge in [-0.25, -0.2) is 10.4 Å². The van der Waals surface area contributed by atoms with Gasteiger partial charge < -0.3 is 4.57 Å². The van der Waals surface area contributed by atoms with E-state index in [-0.39, 0.29) is 5.91 Å². The van der Waals surface area contributed by atoms with Crippen molar-refractivity contribution in [2.24, 2.45) is 5.10 Å². The van der Waals surface area contributed by atoms with E-state index in [0.717, 1.165) is 33.8 Å². The Bertz CT molecular complexity index is 1350. The zero-order valence-electron chi connectivity index (χ0n) is 17.6. The van der Waals surface area contributed by atoms with Crippen LogP contribution in [0.2, 0.25) is 10.0 Å². The maximum Gasteiger partial charge on any atom is 0.290 e. The number of pyridine rings is 1. The average molecular weight is 454 g/mol. The molecule has 0 bridgehead atoms. The highest BCUT2D eigenvalue weighted by Crippen LogP contribution is 2.28. The van der Waals surface area contributed by atoms with Gasteiger partial charge in [-0.05, 0) is 63.6 Å². The Morgan fingerprint density at radius 2 is 1.87 bits per heavy atom. The molecule has 0 atom stereocenters. The monoisotopic (exact) mass is 453 g/mol. The quantitative estimate of drug-likeness (QED) is 0.330. The number of carbonyl (C=O) groups excluding carboxylic acids is 1. The second kappa shape index (κ2) is 8.21. The van der Waals surface area contributed by atoms with Gasteiger partial charge in [0, 0.05) is 28.2 Å². The molecule has 0 saturated heterocycles. The zero-order valence-corrected chi connectivity index (χ0v) is 19.1. The lowest BCUT2D eigenvalue weighted by Crippen LogP contribution is -2.20. The Morgan fingerprint density at radius 1 is 1.10 bits per heavy atom. The van der Waals surface area contributed by atoms with Gasteiger partial charge in [-0.3, -0.25) is 9.20 Å². The molecule has 6 nitrogen and oxygen atoms in total. The SMILES string of the molecule is Cc1ccc2nc(C)c(C(=O)N/N=C\c3cc(C)n(-c4ccc(Cl)cc4Cl)c3C)n2c1. The van der Waals surface area contributed by atoms with Crippen LogP contribution in [-0.4, -0.2) is 26.1 Å². The first kappa shape index (κ1) is 21.2. The normalized spacial score (nSPS) is 11.5. The average Bonchev–Trinajstić information content (AvgIpc) is 3.17. The Hall–Kier alpha value is -3.09. The minimum absolute atomic E-state index is 0.318. The van der Waals surface area contributed by atoms with Crippen LogP contribution in [0.1, 0.15) is 38.7 Å². The van der Waals surface area contributed by atoms with Gasteiger partial charge in [0.1, 0.15) is 11.3 Å². The van der Waals surface area contributed by atoms with Crippen molar-refractivity contribution in [1.82, 2.24) is 19.4 Å². The highest BCUT2D eigenvalue weighted by atomic mass is 35.5. The molecule has 3 aromatic heterocycles. The summed E-state index contributed by atoms with van der Waals surface area (Å²) in [7, 11) is 0. The van der Waals surface area contributed by atoms with Gasteiger partial charge in [-0.2, -0.15) is 5.10 Å². The van der Waals surface area contributed by atoms with Gasteiger partial charge in [-0.15, -0.1) is 0 Å². The Kier molecular flexibility index (Phi) is 5.60. The first-order valence-electron chi connectivity index (χ1n) is 9.69. The van der Waals surface area contributed by atoms with Crippen molar-refractivity contribution in [3.63, 3.8) is 0 Å². The lowest BCUT2D eigenvalue weighted by molar-refractivity contribution is 0.0948. The van der Waals surface area contributed by atoms with Crippen molar-refractivity contribution >= 4 is 41.0 Å². The smallest absolute Gasteiger partial charge is 0.290 e. The topological polar surface area (TPSA) is 63.7 Å². The third-order valence-corrected chi connectivity index (χ3v) is 5.68. The molecule has 0 aliphatic carbocycles. The highest BCUT2D eigenvalue weighted by Gasteiger charge is 2.17. The van der Waals surface area contributed by atoms with Gasteiger partial charge in [0.15, 0.2) is 0 Å². The summed E-state index contributed by atoms with van der Waals surface area (Å²) in [4.78, 5) is 17.2. The molecule has 0 aliphatic heterocycles. The van der Waals surface area contributed by atoms with Crippen molar-refractivity contribution in [3.05, 3.63) is 86.5 Å². The van der Waals surface area contributed by atoms with Crippen molar-refractivity contribution in [3.8, 4) is 5.69 Å². The molecule has 0 radical (unpaired) electrons. The van der Waals surface area contributed by atoms with Crippen molar-refractivity contribution in [2.45, 2.75) is 27.7 Å². The molecule has 0 aliphatic rings. The molecule has 0 unspecified atom stereocenters. The number of nitrogens with one attached hydrogen (secondary N) is 1. The summed E-state index contributed by atoms with van der Waals surface area (Å²) in [5, 5.41) is 5.32. The summed E-state index contributed by atoms with van der Waals surface area (Å²) in [5.74, 6) is -0.318. The summed E-state index contributed by atoms with van der Waals surface area (Å²) in [6.45, 7) is 7.73. The van der Waals surface area contributed by atoms with E-state index in [1.165, 1.54) is 0 Å². The summed E-state index contributed by atoms with van der Waals surface area (Å²) < 4.78 is 3.81. The van der Waals surface area contributed by atoms with Crippen molar-refractivity contribution in [2.75, 3.05) is 0 Å². The molecule has 1 amide bonds. The number of rotatable bonds is 4. The molecular formula is C23H21Cl2N5O. The number of fused-ring (bicyclic) bond motifs is 1. The fourth-order valence-corrected chi connectivity index (χ4v) is 4.20. The summed E-state index contributed by atoms with van der Waals surface area (Å²) in [5.41, 5.74) is 9.13. The van der Waals surface area contributed by atoms with E-state index in [1.807, 2.05) is 62.7 Å². The van der Waals surface area contributed by atoms with Gasteiger partial charge in [0.25, 0.3) is 5.91 Å². The second-order valence-electron chi connectivity index (χ2n) is 7.44. The number of aromatic nitrogens is 3. The van der Waals surface area contributed by atoms with Crippen LogP contribution in [0, 0.1) is 27.7 Å². The Balaban J connectivity index is 1.60. The van der Waals surface area contributed by atoms with Gasteiger partial charge >= 0.3 is 0 Å². The van der Waals surface area contributed by atoms with E-state index in [1.54, 1.807) is 22.7 Å². The molecule has 0 saturated carbocycles. The number of amides is 1. The highest BCUT2D eigenvalue weighted by molar-refractivity contribution is 6.35. The second-order valence-corrected chi connectivity index (χ2v) is 8.28. The Morgan fingerprint density at radius 3 is 2.61 bits per heavy atom. The van der Waals surface area contributed by atoms with Crippen LogP contribution in [0.15, 0.2) is 47.7 Å². The van der Waals surface area contributed by atoms with E-state index in [0.29, 0.717) is 21.4 Å². The van der Waals surface area contributed by atoms with E-state index in [9.17, 15) is 4.79 Å². The third kappa shape index (κ3) is 3.96. The van der Waals surface area contributed by atoms with Crippen LogP contribution >= 0.6 is 23.2 Å². The van der Waals surface area contributed by atoms with Crippen LogP contribution in [0.5, 0.6) is 0 Å². The van der Waals surface area contributed by atoms with Crippen LogP contribution in [-0.2, 0) is 0 Å². The van der Waals surface area contributed by atoms with E-state index < -0.39 is 0 Å². The lowest BCUT2D eigenvalue weighted by atomic mass is 10.2. The molecule has 1 aromatic carbocycles. The number of nitrogens with zero attached hydrogens (tertiary/aromatic N) is 4. The standard InChI is InChI=1S/C23H21Cl2N5O/c1-13-5-8-21-27-15(3)22(29(21)12-13)23(31)28-26-11-17-9-14(2)30(16(17)4)20-7-6-18(24)10-19(20)25/h5-12H,1-4H3,(H,28,31)/b26-11-. The first-order chi connectivity index (χ1) is 14.8. The summed E-state index contributed by atoms with van der Waals surface area (Å²) in [6.07, 6.45) is 3.52.